The van der Waals surface area contributed by atoms with Gasteiger partial charge in [0.15, 0.2) is 0 Å². The number of rotatable bonds is 3. The van der Waals surface area contributed by atoms with Crippen LogP contribution in [0.3, 0.4) is 0 Å². The number of piperidine rings is 2. The normalized spacial score (nSPS) is 23.1. The smallest absolute Gasteiger partial charge is 0.262 e. The van der Waals surface area contributed by atoms with Crippen molar-refractivity contribution in [3.63, 3.8) is 0 Å². The predicted octanol–water partition coefficient (Wildman–Crippen LogP) is 0.642. The average Bonchev–Trinajstić information content (AvgIpc) is 2.91. The number of benzene rings is 1. The molecule has 4 rings (SSSR count). The molecule has 4 amide bonds. The number of nitrogens with zero attached hydrogens (tertiary/aromatic N) is 2. The maximum atomic E-state index is 14.7. The summed E-state index contributed by atoms with van der Waals surface area (Å²) in [6.45, 7) is 0.941. The molecule has 2 fully saturated rings. The van der Waals surface area contributed by atoms with Crippen LogP contribution in [0.5, 0.6) is 0 Å². The van der Waals surface area contributed by atoms with E-state index in [0.29, 0.717) is 25.9 Å². The molecule has 9 heteroatoms. The number of nitrogens with one attached hydrogen (secondary N) is 1. The molecule has 0 spiro atoms. The Balaban J connectivity index is 1.63. The number of hydrogen-bond donors (Lipinski definition) is 1. The van der Waals surface area contributed by atoms with E-state index in [1.54, 1.807) is 4.90 Å². The highest BCUT2D eigenvalue weighted by Crippen LogP contribution is 2.33. The second-order valence-electron chi connectivity index (χ2n) is 7.26. The molecule has 0 aliphatic carbocycles. The van der Waals surface area contributed by atoms with Gasteiger partial charge in [-0.05, 0) is 31.4 Å². The van der Waals surface area contributed by atoms with Crippen molar-refractivity contribution < 1.29 is 28.4 Å². The topological polar surface area (TPSA) is 104 Å². The Morgan fingerprint density at radius 3 is 2.25 bits per heavy atom. The van der Waals surface area contributed by atoms with Crippen LogP contribution in [0.1, 0.15) is 46.4 Å². The molecule has 3 aliphatic rings. The van der Waals surface area contributed by atoms with Crippen molar-refractivity contribution in [3.8, 4) is 0 Å². The van der Waals surface area contributed by atoms with Crippen molar-refractivity contribution in [1.82, 2.24) is 10.2 Å². The van der Waals surface area contributed by atoms with Crippen molar-refractivity contribution in [3.05, 3.63) is 29.1 Å². The fraction of sp³-hybridized carbons (Fsp3) is 0.421. The van der Waals surface area contributed by atoms with Gasteiger partial charge >= 0.3 is 0 Å². The number of imide groups is 2. The molecule has 1 aromatic carbocycles. The molecule has 3 aliphatic heterocycles. The lowest BCUT2D eigenvalue weighted by Crippen LogP contribution is -2.54. The first-order valence-corrected chi connectivity index (χ1v) is 9.16. The molecular formula is C19H18FN3O5. The lowest BCUT2D eigenvalue weighted by atomic mass is 9.97. The van der Waals surface area contributed by atoms with Gasteiger partial charge in [0.1, 0.15) is 18.1 Å². The monoisotopic (exact) mass is 387 g/mol. The van der Waals surface area contributed by atoms with Crippen molar-refractivity contribution in [2.45, 2.75) is 31.7 Å². The van der Waals surface area contributed by atoms with Crippen molar-refractivity contribution in [2.75, 3.05) is 18.0 Å². The van der Waals surface area contributed by atoms with Gasteiger partial charge in [0.05, 0.1) is 16.8 Å². The zero-order valence-electron chi connectivity index (χ0n) is 14.9. The second-order valence-corrected chi connectivity index (χ2v) is 7.26. The lowest BCUT2D eigenvalue weighted by molar-refractivity contribution is -0.136. The molecule has 2 saturated heterocycles. The fourth-order valence-corrected chi connectivity index (χ4v) is 4.00. The maximum absolute atomic E-state index is 14.7. The Bertz CT molecular complexity index is 907. The molecule has 28 heavy (non-hydrogen) atoms. The predicted molar refractivity (Wildman–Crippen MR) is 94.1 cm³/mol. The Morgan fingerprint density at radius 1 is 1.00 bits per heavy atom. The summed E-state index contributed by atoms with van der Waals surface area (Å²) >= 11 is 0. The largest absolute Gasteiger partial charge is 0.369 e. The minimum absolute atomic E-state index is 0.0229. The third kappa shape index (κ3) is 2.87. The summed E-state index contributed by atoms with van der Waals surface area (Å²) in [7, 11) is 0. The quantitative estimate of drug-likeness (QED) is 0.603. The van der Waals surface area contributed by atoms with Crippen molar-refractivity contribution >= 4 is 35.6 Å². The molecule has 1 atom stereocenters. The number of carbonyl (C=O) groups is 5. The Hall–Kier alpha value is -3.10. The van der Waals surface area contributed by atoms with E-state index in [0.717, 1.165) is 17.3 Å². The Morgan fingerprint density at radius 2 is 1.64 bits per heavy atom. The molecular weight excluding hydrogens is 369 g/mol. The van der Waals surface area contributed by atoms with E-state index in [4.69, 9.17) is 0 Å². The lowest BCUT2D eigenvalue weighted by Gasteiger charge is -2.32. The molecule has 1 unspecified atom stereocenters. The minimum atomic E-state index is -1.08. The van der Waals surface area contributed by atoms with Gasteiger partial charge in [0.2, 0.25) is 11.8 Å². The first kappa shape index (κ1) is 18.3. The standard InChI is InChI=1S/C19H18FN3O5/c20-13-7-11-12(8-15(13)22-5-3-10(9-24)4-6-22)19(28)23(18(11)27)14-1-2-16(25)21-17(14)26/h7-10,14H,1-6H2,(H,21,25,26). The molecule has 1 N–H and O–H groups in total. The van der Waals surface area contributed by atoms with Gasteiger partial charge in [0.25, 0.3) is 11.8 Å². The van der Waals surface area contributed by atoms with E-state index in [1.165, 1.54) is 6.07 Å². The van der Waals surface area contributed by atoms with Gasteiger partial charge in [-0.3, -0.25) is 29.4 Å². The molecule has 0 radical (unpaired) electrons. The van der Waals surface area contributed by atoms with Crippen LogP contribution in [-0.2, 0) is 14.4 Å². The van der Waals surface area contributed by atoms with E-state index >= 15 is 0 Å². The van der Waals surface area contributed by atoms with Crippen LogP contribution in [0.25, 0.3) is 0 Å². The second kappa shape index (κ2) is 6.81. The van der Waals surface area contributed by atoms with E-state index < -0.39 is 35.5 Å². The van der Waals surface area contributed by atoms with Crippen molar-refractivity contribution in [2.24, 2.45) is 5.92 Å². The average molecular weight is 387 g/mol. The van der Waals surface area contributed by atoms with Crippen LogP contribution in [-0.4, -0.2) is 53.9 Å². The molecule has 0 bridgehead atoms. The van der Waals surface area contributed by atoms with E-state index in [-0.39, 0.29) is 35.6 Å². The number of fused-ring (bicyclic) bond motifs is 1. The first-order chi connectivity index (χ1) is 13.4. The SMILES string of the molecule is O=CC1CCN(c2cc3c(cc2F)C(=O)N(C2CCC(=O)NC2=O)C3=O)CC1. The highest BCUT2D eigenvalue weighted by Gasteiger charge is 2.45. The summed E-state index contributed by atoms with van der Waals surface area (Å²) in [4.78, 5) is 62.4. The third-order valence-electron chi connectivity index (χ3n) is 5.58. The number of halogens is 1. The minimum Gasteiger partial charge on any atom is -0.369 e. The third-order valence-corrected chi connectivity index (χ3v) is 5.58. The van der Waals surface area contributed by atoms with Crippen LogP contribution in [0.2, 0.25) is 0 Å². The van der Waals surface area contributed by atoms with Crippen LogP contribution < -0.4 is 10.2 Å². The Labute approximate surface area is 159 Å². The summed E-state index contributed by atoms with van der Waals surface area (Å²) in [5.41, 5.74) is 0.164. The molecule has 0 aromatic heterocycles. The van der Waals surface area contributed by atoms with Crippen molar-refractivity contribution in [1.29, 1.82) is 0 Å². The number of hydrogen-bond acceptors (Lipinski definition) is 6. The first-order valence-electron chi connectivity index (χ1n) is 9.16. The van der Waals surface area contributed by atoms with Crippen LogP contribution in [0, 0.1) is 11.7 Å². The fourth-order valence-electron chi connectivity index (χ4n) is 4.00. The summed E-state index contributed by atoms with van der Waals surface area (Å²) in [6.07, 6.45) is 2.15. The zero-order valence-corrected chi connectivity index (χ0v) is 14.9. The molecule has 1 aromatic rings. The molecule has 8 nitrogen and oxygen atoms in total. The van der Waals surface area contributed by atoms with Gasteiger partial charge in [-0.25, -0.2) is 4.39 Å². The van der Waals surface area contributed by atoms with Crippen LogP contribution in [0.15, 0.2) is 12.1 Å². The van der Waals surface area contributed by atoms with Gasteiger partial charge < -0.3 is 9.69 Å². The number of aldehydes is 1. The molecule has 146 valence electrons. The maximum Gasteiger partial charge on any atom is 0.262 e. The van der Waals surface area contributed by atoms with Crippen LogP contribution >= 0.6 is 0 Å². The van der Waals surface area contributed by atoms with E-state index in [9.17, 15) is 28.4 Å². The van der Waals surface area contributed by atoms with Gasteiger partial charge in [-0.15, -0.1) is 0 Å². The van der Waals surface area contributed by atoms with E-state index in [2.05, 4.69) is 5.32 Å². The van der Waals surface area contributed by atoms with E-state index in [1.807, 2.05) is 0 Å². The zero-order chi connectivity index (χ0) is 20.0. The highest BCUT2D eigenvalue weighted by molar-refractivity contribution is 6.23. The summed E-state index contributed by atoms with van der Waals surface area (Å²) in [5.74, 6) is -3.25. The number of anilines is 1. The molecule has 0 saturated carbocycles. The highest BCUT2D eigenvalue weighted by atomic mass is 19.1. The van der Waals surface area contributed by atoms with Gasteiger partial charge in [-0.1, -0.05) is 0 Å². The number of amides is 4. The Kier molecular flexibility index (Phi) is 4.44. The van der Waals surface area contributed by atoms with Gasteiger partial charge in [0, 0.05) is 25.4 Å². The number of carbonyl (C=O) groups excluding carboxylic acids is 5. The summed E-state index contributed by atoms with van der Waals surface area (Å²) < 4.78 is 14.7. The molecule has 3 heterocycles. The van der Waals surface area contributed by atoms with Gasteiger partial charge in [-0.2, -0.15) is 0 Å². The summed E-state index contributed by atoms with van der Waals surface area (Å²) in [6, 6.07) is 1.29. The van der Waals surface area contributed by atoms with Crippen LogP contribution in [0.4, 0.5) is 10.1 Å². The summed E-state index contributed by atoms with van der Waals surface area (Å²) in [5, 5.41) is 2.12.